The molecule has 1 heterocycles. The lowest BCUT2D eigenvalue weighted by molar-refractivity contribution is 0.410. The predicted octanol–water partition coefficient (Wildman–Crippen LogP) is 4.22. The third-order valence-corrected chi connectivity index (χ3v) is 3.65. The fraction of sp³-hybridized carbons (Fsp3) is 0.250. The van der Waals surface area contributed by atoms with Gasteiger partial charge in [-0.15, -0.1) is 0 Å². The molecule has 98 valence electrons. The molecule has 0 fully saturated rings. The lowest BCUT2D eigenvalue weighted by atomic mass is 10.1. The molecule has 0 atom stereocenters. The Kier molecular flexibility index (Phi) is 2.63. The van der Waals surface area contributed by atoms with Crippen molar-refractivity contribution in [2.24, 2.45) is 0 Å². The van der Waals surface area contributed by atoms with Gasteiger partial charge in [0.25, 0.3) is 0 Å². The third-order valence-electron chi connectivity index (χ3n) is 3.65. The van der Waals surface area contributed by atoms with Crippen LogP contribution >= 0.6 is 0 Å². The molecular weight excluding hydrogens is 240 g/mol. The van der Waals surface area contributed by atoms with Crippen LogP contribution in [0.3, 0.4) is 0 Å². The van der Waals surface area contributed by atoms with Crippen molar-refractivity contribution < 1.29 is 13.9 Å². The largest absolute Gasteiger partial charge is 0.496 e. The molecule has 0 unspecified atom stereocenters. The molecule has 0 N–H and O–H groups in total. The second-order valence-electron chi connectivity index (χ2n) is 4.64. The second-order valence-corrected chi connectivity index (χ2v) is 4.64. The molecule has 3 heteroatoms. The standard InChI is InChI=1S/C16H16O3/c1-9-13(17-3)7-5-11-12-6-8-14(18-4)10(2)16(12)19-15(9)11/h5-8H,1-4H3. The van der Waals surface area contributed by atoms with Crippen LogP contribution in [0.5, 0.6) is 11.5 Å². The van der Waals surface area contributed by atoms with Crippen molar-refractivity contribution in [3.8, 4) is 11.5 Å². The zero-order chi connectivity index (χ0) is 13.6. The molecule has 0 saturated heterocycles. The molecule has 0 spiro atoms. The van der Waals surface area contributed by atoms with Crippen molar-refractivity contribution in [1.29, 1.82) is 0 Å². The summed E-state index contributed by atoms with van der Waals surface area (Å²) in [4.78, 5) is 0. The van der Waals surface area contributed by atoms with Gasteiger partial charge in [-0.3, -0.25) is 0 Å². The first-order chi connectivity index (χ1) is 9.17. The number of aryl methyl sites for hydroxylation is 2. The van der Waals surface area contributed by atoms with Crippen LogP contribution in [0.4, 0.5) is 0 Å². The van der Waals surface area contributed by atoms with Crippen LogP contribution in [-0.4, -0.2) is 14.2 Å². The number of ether oxygens (including phenoxy) is 2. The van der Waals surface area contributed by atoms with Gasteiger partial charge in [-0.25, -0.2) is 0 Å². The smallest absolute Gasteiger partial charge is 0.142 e. The Balaban J connectivity index is 2.44. The van der Waals surface area contributed by atoms with Crippen molar-refractivity contribution >= 4 is 21.9 Å². The topological polar surface area (TPSA) is 31.6 Å². The molecule has 3 nitrogen and oxygen atoms in total. The minimum Gasteiger partial charge on any atom is -0.496 e. The highest BCUT2D eigenvalue weighted by Gasteiger charge is 2.15. The van der Waals surface area contributed by atoms with E-state index in [-0.39, 0.29) is 0 Å². The van der Waals surface area contributed by atoms with E-state index in [2.05, 4.69) is 0 Å². The second kappa shape index (κ2) is 4.19. The maximum atomic E-state index is 6.04. The zero-order valence-electron chi connectivity index (χ0n) is 11.5. The number of furan rings is 1. The average Bonchev–Trinajstić information content (AvgIpc) is 2.80. The molecule has 3 rings (SSSR count). The van der Waals surface area contributed by atoms with Crippen LogP contribution in [0.1, 0.15) is 11.1 Å². The van der Waals surface area contributed by atoms with Crippen LogP contribution in [0, 0.1) is 13.8 Å². The van der Waals surface area contributed by atoms with Crippen LogP contribution in [0.2, 0.25) is 0 Å². The van der Waals surface area contributed by atoms with Gasteiger partial charge in [0, 0.05) is 21.9 Å². The number of fused-ring (bicyclic) bond motifs is 3. The van der Waals surface area contributed by atoms with Crippen molar-refractivity contribution in [2.75, 3.05) is 14.2 Å². The highest BCUT2D eigenvalue weighted by Crippen LogP contribution is 2.38. The maximum absolute atomic E-state index is 6.04. The summed E-state index contributed by atoms with van der Waals surface area (Å²) in [6.07, 6.45) is 0. The van der Waals surface area contributed by atoms with E-state index in [1.54, 1.807) is 14.2 Å². The fourth-order valence-corrected chi connectivity index (χ4v) is 2.58. The van der Waals surface area contributed by atoms with Crippen LogP contribution in [0.25, 0.3) is 21.9 Å². The molecule has 0 amide bonds. The van der Waals surface area contributed by atoms with Gasteiger partial charge in [-0.05, 0) is 38.1 Å². The van der Waals surface area contributed by atoms with Gasteiger partial charge >= 0.3 is 0 Å². The predicted molar refractivity (Wildman–Crippen MR) is 76.3 cm³/mol. The molecule has 0 aliphatic heterocycles. The molecule has 0 aliphatic rings. The number of hydrogen-bond acceptors (Lipinski definition) is 3. The minimum absolute atomic E-state index is 0.844. The van der Waals surface area contributed by atoms with E-state index in [9.17, 15) is 0 Å². The Bertz CT molecular complexity index is 704. The summed E-state index contributed by atoms with van der Waals surface area (Å²) < 4.78 is 16.7. The van der Waals surface area contributed by atoms with Crippen molar-refractivity contribution in [2.45, 2.75) is 13.8 Å². The van der Waals surface area contributed by atoms with E-state index in [0.717, 1.165) is 44.6 Å². The van der Waals surface area contributed by atoms with E-state index in [4.69, 9.17) is 13.9 Å². The molecular formula is C16H16O3. The monoisotopic (exact) mass is 256 g/mol. The molecule has 0 aliphatic carbocycles. The van der Waals surface area contributed by atoms with Gasteiger partial charge in [0.2, 0.25) is 0 Å². The summed E-state index contributed by atoms with van der Waals surface area (Å²) in [7, 11) is 3.34. The highest BCUT2D eigenvalue weighted by atomic mass is 16.5. The SMILES string of the molecule is COc1ccc2c(oc3c(C)c(OC)ccc32)c1C. The molecule has 2 aromatic carbocycles. The molecule has 0 radical (unpaired) electrons. The Morgan fingerprint density at radius 3 is 1.53 bits per heavy atom. The third kappa shape index (κ3) is 1.58. The lowest BCUT2D eigenvalue weighted by Crippen LogP contribution is -1.86. The highest BCUT2D eigenvalue weighted by molar-refractivity contribution is 6.07. The number of benzene rings is 2. The summed E-state index contributed by atoms with van der Waals surface area (Å²) in [6, 6.07) is 8.04. The normalized spacial score (nSPS) is 11.2. The summed E-state index contributed by atoms with van der Waals surface area (Å²) in [5, 5.41) is 2.22. The molecule has 0 saturated carbocycles. The van der Waals surface area contributed by atoms with Crippen molar-refractivity contribution in [3.05, 3.63) is 35.4 Å². The Hall–Kier alpha value is -2.16. The quantitative estimate of drug-likeness (QED) is 0.688. The van der Waals surface area contributed by atoms with Gasteiger partial charge < -0.3 is 13.9 Å². The Morgan fingerprint density at radius 1 is 0.737 bits per heavy atom. The van der Waals surface area contributed by atoms with Gasteiger partial charge in [0.15, 0.2) is 0 Å². The molecule has 3 aromatic rings. The van der Waals surface area contributed by atoms with E-state index in [1.165, 1.54) is 0 Å². The van der Waals surface area contributed by atoms with Crippen molar-refractivity contribution in [3.63, 3.8) is 0 Å². The minimum atomic E-state index is 0.844. The number of rotatable bonds is 2. The van der Waals surface area contributed by atoms with E-state index >= 15 is 0 Å². The molecule has 1 aromatic heterocycles. The first-order valence-electron chi connectivity index (χ1n) is 6.20. The maximum Gasteiger partial charge on any atom is 0.142 e. The average molecular weight is 256 g/mol. The van der Waals surface area contributed by atoms with Crippen LogP contribution in [-0.2, 0) is 0 Å². The van der Waals surface area contributed by atoms with Crippen LogP contribution < -0.4 is 9.47 Å². The lowest BCUT2D eigenvalue weighted by Gasteiger charge is -2.03. The number of hydrogen-bond donors (Lipinski definition) is 0. The zero-order valence-corrected chi connectivity index (χ0v) is 11.5. The van der Waals surface area contributed by atoms with Gasteiger partial charge in [-0.2, -0.15) is 0 Å². The van der Waals surface area contributed by atoms with Gasteiger partial charge in [0.05, 0.1) is 14.2 Å². The van der Waals surface area contributed by atoms with E-state index < -0.39 is 0 Å². The summed E-state index contributed by atoms with van der Waals surface area (Å²) >= 11 is 0. The van der Waals surface area contributed by atoms with E-state index in [0.29, 0.717) is 0 Å². The fourth-order valence-electron chi connectivity index (χ4n) is 2.58. The Morgan fingerprint density at radius 2 is 1.16 bits per heavy atom. The van der Waals surface area contributed by atoms with Crippen molar-refractivity contribution in [1.82, 2.24) is 0 Å². The van der Waals surface area contributed by atoms with E-state index in [1.807, 2.05) is 38.1 Å². The van der Waals surface area contributed by atoms with Crippen LogP contribution in [0.15, 0.2) is 28.7 Å². The summed E-state index contributed by atoms with van der Waals surface area (Å²) in [5.41, 5.74) is 3.81. The van der Waals surface area contributed by atoms with Gasteiger partial charge in [-0.1, -0.05) is 0 Å². The Labute approximate surface area is 111 Å². The molecule has 0 bridgehead atoms. The first kappa shape index (κ1) is 11.9. The first-order valence-corrected chi connectivity index (χ1v) is 6.20. The summed E-state index contributed by atoms with van der Waals surface area (Å²) in [5.74, 6) is 1.69. The summed E-state index contributed by atoms with van der Waals surface area (Å²) in [6.45, 7) is 4.02. The van der Waals surface area contributed by atoms with Gasteiger partial charge in [0.1, 0.15) is 22.7 Å². The number of methoxy groups -OCH3 is 2. The molecule has 19 heavy (non-hydrogen) atoms.